The molecule has 0 amide bonds. The number of hydrogen-bond acceptors (Lipinski definition) is 1. The first-order chi connectivity index (χ1) is 13.2. The van der Waals surface area contributed by atoms with Crippen LogP contribution in [0.1, 0.15) is 58.2 Å². The molecule has 0 aliphatic rings. The summed E-state index contributed by atoms with van der Waals surface area (Å²) < 4.78 is 6.57. The highest BCUT2D eigenvalue weighted by Gasteiger charge is 2.41. The van der Waals surface area contributed by atoms with Crippen LogP contribution >= 0.6 is 15.9 Å². The number of methoxy groups -OCH3 is 1. The predicted octanol–water partition coefficient (Wildman–Crippen LogP) is 7.62. The second kappa shape index (κ2) is 9.81. The quantitative estimate of drug-likeness (QED) is 0.320. The lowest BCUT2D eigenvalue weighted by Gasteiger charge is -2.38. The van der Waals surface area contributed by atoms with Crippen LogP contribution in [0.25, 0.3) is 0 Å². The minimum absolute atomic E-state index is 0.656. The Bertz CT molecular complexity index is 819. The van der Waals surface area contributed by atoms with Crippen molar-refractivity contribution in [3.05, 3.63) is 63.6 Å². The number of halogens is 1. The van der Waals surface area contributed by atoms with Gasteiger partial charge in [-0.15, -0.1) is 5.54 Å². The second-order valence-electron chi connectivity index (χ2n) is 8.48. The molecule has 0 radical (unpaired) electrons. The smallest absolute Gasteiger partial charge is 0.146 e. The van der Waals surface area contributed by atoms with Crippen LogP contribution in [0.15, 0.2) is 46.9 Å². The van der Waals surface area contributed by atoms with Gasteiger partial charge in [-0.25, -0.2) is 0 Å². The number of hydrogen-bond donors (Lipinski definition) is 0. The Morgan fingerprint density at radius 3 is 1.96 bits per heavy atom. The van der Waals surface area contributed by atoms with Gasteiger partial charge in [-0.1, -0.05) is 75.5 Å². The molecule has 0 saturated carbocycles. The molecule has 0 fully saturated rings. The molecule has 2 aromatic rings. The van der Waals surface area contributed by atoms with Crippen molar-refractivity contribution in [2.45, 2.75) is 64.6 Å². The summed E-state index contributed by atoms with van der Waals surface area (Å²) in [4.78, 5) is 0. The van der Waals surface area contributed by atoms with E-state index >= 15 is 0 Å². The molecular weight excluding hydrogens is 424 g/mol. The molecule has 0 heterocycles. The molecule has 0 unspecified atom stereocenters. The maximum atomic E-state index is 5.50. The van der Waals surface area contributed by atoms with Crippen molar-refractivity contribution in [3.63, 3.8) is 0 Å². The van der Waals surface area contributed by atoms with Crippen LogP contribution in [0, 0.1) is 11.5 Å². The maximum Gasteiger partial charge on any atom is 0.146 e. The average molecular weight is 458 g/mol. The van der Waals surface area contributed by atoms with E-state index in [-0.39, 0.29) is 0 Å². The first-order valence-electron chi connectivity index (χ1n) is 10.1. The first kappa shape index (κ1) is 22.8. The number of benzene rings is 2. The molecule has 0 saturated heterocycles. The SMILES string of the molecule is COc1ccc(Br)cc1Cc1ccc(C#C[Si](C(C)C)(C(C)C)C(C)C)cc1. The zero-order chi connectivity index (χ0) is 20.9. The Morgan fingerprint density at radius 1 is 0.893 bits per heavy atom. The zero-order valence-electron chi connectivity index (χ0n) is 18.3. The lowest BCUT2D eigenvalue weighted by atomic mass is 10.0. The summed E-state index contributed by atoms with van der Waals surface area (Å²) in [5.74, 6) is 4.46. The monoisotopic (exact) mass is 456 g/mol. The summed E-state index contributed by atoms with van der Waals surface area (Å²) in [7, 11) is 0.0355. The molecule has 0 atom stereocenters. The summed E-state index contributed by atoms with van der Waals surface area (Å²) >= 11 is 3.55. The fourth-order valence-electron chi connectivity index (χ4n) is 4.42. The molecule has 1 nitrogen and oxygen atoms in total. The summed E-state index contributed by atoms with van der Waals surface area (Å²) in [6.45, 7) is 14.1. The minimum Gasteiger partial charge on any atom is -0.496 e. The third kappa shape index (κ3) is 5.10. The van der Waals surface area contributed by atoms with Crippen LogP contribution < -0.4 is 4.74 Å². The lowest BCUT2D eigenvalue weighted by Crippen LogP contribution is -2.43. The fourth-order valence-corrected chi connectivity index (χ4v) is 10.1. The van der Waals surface area contributed by atoms with Crippen molar-refractivity contribution in [2.24, 2.45) is 0 Å². The van der Waals surface area contributed by atoms with Crippen molar-refractivity contribution in [2.75, 3.05) is 7.11 Å². The van der Waals surface area contributed by atoms with E-state index < -0.39 is 8.07 Å². The molecule has 28 heavy (non-hydrogen) atoms. The predicted molar refractivity (Wildman–Crippen MR) is 128 cm³/mol. The van der Waals surface area contributed by atoms with Crippen LogP contribution in [0.4, 0.5) is 0 Å². The van der Waals surface area contributed by atoms with E-state index in [1.807, 2.05) is 12.1 Å². The summed E-state index contributed by atoms with van der Waals surface area (Å²) in [5.41, 5.74) is 9.34. The minimum atomic E-state index is -1.69. The van der Waals surface area contributed by atoms with E-state index in [1.54, 1.807) is 7.11 Å². The zero-order valence-corrected chi connectivity index (χ0v) is 20.9. The van der Waals surface area contributed by atoms with Crippen molar-refractivity contribution in [1.82, 2.24) is 0 Å². The summed E-state index contributed by atoms with van der Waals surface area (Å²) in [6.07, 6.45) is 0.846. The second-order valence-corrected chi connectivity index (χ2v) is 15.0. The van der Waals surface area contributed by atoms with E-state index in [4.69, 9.17) is 4.74 Å². The Balaban J connectivity index is 2.27. The van der Waals surface area contributed by atoms with E-state index in [1.165, 1.54) is 11.1 Å². The van der Waals surface area contributed by atoms with E-state index in [9.17, 15) is 0 Å². The molecule has 2 rings (SSSR count). The van der Waals surface area contributed by atoms with E-state index in [2.05, 4.69) is 99.3 Å². The molecule has 0 spiro atoms. The van der Waals surface area contributed by atoms with Crippen molar-refractivity contribution in [1.29, 1.82) is 0 Å². The van der Waals surface area contributed by atoms with Gasteiger partial charge in [0.2, 0.25) is 0 Å². The van der Waals surface area contributed by atoms with E-state index in [0.717, 1.165) is 22.2 Å². The van der Waals surface area contributed by atoms with Crippen LogP contribution in [0.3, 0.4) is 0 Å². The molecule has 0 N–H and O–H groups in total. The van der Waals surface area contributed by atoms with Crippen LogP contribution in [-0.4, -0.2) is 15.2 Å². The Morgan fingerprint density at radius 2 is 1.46 bits per heavy atom. The Hall–Kier alpha value is -1.50. The van der Waals surface area contributed by atoms with Gasteiger partial charge in [0.1, 0.15) is 13.8 Å². The largest absolute Gasteiger partial charge is 0.496 e. The van der Waals surface area contributed by atoms with Gasteiger partial charge in [0.25, 0.3) is 0 Å². The van der Waals surface area contributed by atoms with Crippen molar-refractivity contribution >= 4 is 24.0 Å². The molecule has 150 valence electrons. The number of ether oxygens (including phenoxy) is 1. The van der Waals surface area contributed by atoms with Gasteiger partial charge in [0.05, 0.1) is 7.11 Å². The van der Waals surface area contributed by atoms with Gasteiger partial charge >= 0.3 is 0 Å². The van der Waals surface area contributed by atoms with E-state index in [0.29, 0.717) is 16.6 Å². The van der Waals surface area contributed by atoms with Crippen molar-refractivity contribution < 1.29 is 4.74 Å². The standard InChI is InChI=1S/C25H33BrOSi/c1-18(2)28(19(3)4,20(5)6)15-14-21-8-10-22(11-9-21)16-23-17-24(26)12-13-25(23)27-7/h8-13,17-20H,16H2,1-7H3. The molecule has 0 aromatic heterocycles. The average Bonchev–Trinajstić information content (AvgIpc) is 2.63. The Labute approximate surface area is 181 Å². The van der Waals surface area contributed by atoms with Gasteiger partial charge in [0.15, 0.2) is 0 Å². The van der Waals surface area contributed by atoms with Gasteiger partial charge in [-0.05, 0) is 58.1 Å². The normalized spacial score (nSPS) is 11.7. The molecule has 3 heteroatoms. The van der Waals surface area contributed by atoms with Gasteiger partial charge in [-0.3, -0.25) is 0 Å². The third-order valence-electron chi connectivity index (χ3n) is 5.88. The third-order valence-corrected chi connectivity index (χ3v) is 12.7. The van der Waals surface area contributed by atoms with Crippen LogP contribution in [-0.2, 0) is 6.42 Å². The number of rotatable bonds is 6. The highest BCUT2D eigenvalue weighted by atomic mass is 79.9. The Kier molecular flexibility index (Phi) is 7.98. The fraction of sp³-hybridized carbons (Fsp3) is 0.440. The molecule has 2 aromatic carbocycles. The van der Waals surface area contributed by atoms with Gasteiger partial charge in [-0.2, -0.15) is 0 Å². The summed E-state index contributed by atoms with van der Waals surface area (Å²) in [6, 6.07) is 14.8. The topological polar surface area (TPSA) is 9.23 Å². The maximum absolute atomic E-state index is 5.50. The highest BCUT2D eigenvalue weighted by Crippen LogP contribution is 2.40. The molecule has 0 bridgehead atoms. The lowest BCUT2D eigenvalue weighted by molar-refractivity contribution is 0.410. The van der Waals surface area contributed by atoms with Crippen LogP contribution in [0.2, 0.25) is 16.6 Å². The van der Waals surface area contributed by atoms with Gasteiger partial charge < -0.3 is 4.74 Å². The summed E-state index contributed by atoms with van der Waals surface area (Å²) in [5, 5.41) is 0. The molecule has 0 aliphatic heterocycles. The van der Waals surface area contributed by atoms with Gasteiger partial charge in [0, 0.05) is 16.5 Å². The van der Waals surface area contributed by atoms with Crippen molar-refractivity contribution in [3.8, 4) is 17.2 Å². The van der Waals surface area contributed by atoms with Crippen LogP contribution in [0.5, 0.6) is 5.75 Å². The first-order valence-corrected chi connectivity index (χ1v) is 13.2. The molecule has 0 aliphatic carbocycles. The molecular formula is C25H33BrOSi. The highest BCUT2D eigenvalue weighted by molar-refractivity contribution is 9.10.